The first-order valence-corrected chi connectivity index (χ1v) is 8.48. The standard InChI is InChI=1S/C15H14N2O7S/c1-2-24-15(19)10-3-6-12(7-4-10)25(22,23)16-13-9-11(17(20)21)5-8-14(13)18/h3-9,16,18H,2H2,1H3/p-1. The lowest BCUT2D eigenvalue weighted by molar-refractivity contribution is -0.385. The van der Waals surface area contributed by atoms with Crippen molar-refractivity contribution in [2.45, 2.75) is 11.8 Å². The molecule has 0 amide bonds. The number of carbonyl (C=O) groups excluding carboxylic acids is 1. The fourth-order valence-electron chi connectivity index (χ4n) is 1.90. The molecule has 0 atom stereocenters. The molecule has 2 aromatic rings. The minimum Gasteiger partial charge on any atom is -0.871 e. The molecule has 0 aliphatic heterocycles. The molecule has 9 nitrogen and oxygen atoms in total. The number of benzene rings is 2. The van der Waals surface area contributed by atoms with E-state index >= 15 is 0 Å². The van der Waals surface area contributed by atoms with E-state index < -0.39 is 38.0 Å². The zero-order valence-electron chi connectivity index (χ0n) is 13.0. The number of nitro benzene ring substituents is 1. The lowest BCUT2D eigenvalue weighted by atomic mass is 10.2. The molecule has 0 fully saturated rings. The molecule has 0 bridgehead atoms. The van der Waals surface area contributed by atoms with Crippen LogP contribution in [0.3, 0.4) is 0 Å². The molecule has 0 saturated carbocycles. The van der Waals surface area contributed by atoms with Gasteiger partial charge in [0, 0.05) is 17.8 Å². The van der Waals surface area contributed by atoms with Gasteiger partial charge in [0.25, 0.3) is 15.7 Å². The normalized spacial score (nSPS) is 10.9. The number of non-ortho nitro benzene ring substituents is 1. The van der Waals surface area contributed by atoms with E-state index in [2.05, 4.69) is 0 Å². The predicted octanol–water partition coefficient (Wildman–Crippen LogP) is 1.65. The Morgan fingerprint density at radius 3 is 2.40 bits per heavy atom. The highest BCUT2D eigenvalue weighted by molar-refractivity contribution is 7.92. The van der Waals surface area contributed by atoms with Crippen LogP contribution in [0.1, 0.15) is 17.3 Å². The van der Waals surface area contributed by atoms with Crippen LogP contribution in [0.5, 0.6) is 5.75 Å². The smallest absolute Gasteiger partial charge is 0.338 e. The van der Waals surface area contributed by atoms with Gasteiger partial charge in [-0.25, -0.2) is 13.2 Å². The number of nitrogens with zero attached hydrogens (tertiary/aromatic N) is 1. The Balaban J connectivity index is 2.29. The maximum absolute atomic E-state index is 12.3. The largest absolute Gasteiger partial charge is 0.871 e. The summed E-state index contributed by atoms with van der Waals surface area (Å²) in [4.78, 5) is 21.3. The molecule has 10 heteroatoms. The summed E-state index contributed by atoms with van der Waals surface area (Å²) in [6.45, 7) is 1.82. The number of esters is 1. The zero-order valence-corrected chi connectivity index (χ0v) is 13.8. The number of hydrogen-bond acceptors (Lipinski definition) is 7. The maximum Gasteiger partial charge on any atom is 0.338 e. The van der Waals surface area contributed by atoms with Crippen molar-refractivity contribution in [1.29, 1.82) is 0 Å². The van der Waals surface area contributed by atoms with Gasteiger partial charge in [0.2, 0.25) is 0 Å². The van der Waals surface area contributed by atoms with Crippen molar-refractivity contribution in [2.24, 2.45) is 0 Å². The van der Waals surface area contributed by atoms with Crippen LogP contribution in [-0.4, -0.2) is 25.9 Å². The lowest BCUT2D eigenvalue weighted by Gasteiger charge is -2.15. The molecule has 0 aromatic heterocycles. The molecule has 0 spiro atoms. The highest BCUT2D eigenvalue weighted by Gasteiger charge is 2.17. The molecule has 0 unspecified atom stereocenters. The summed E-state index contributed by atoms with van der Waals surface area (Å²) in [5.41, 5.74) is -0.695. The Bertz CT molecular complexity index is 908. The molecule has 2 aromatic carbocycles. The molecule has 0 aliphatic carbocycles. The van der Waals surface area contributed by atoms with E-state index in [-0.39, 0.29) is 17.1 Å². The van der Waals surface area contributed by atoms with Crippen molar-refractivity contribution < 1.29 is 28.0 Å². The van der Waals surface area contributed by atoms with Crippen LogP contribution >= 0.6 is 0 Å². The molecular formula is C15H13N2O7S-. The van der Waals surface area contributed by atoms with E-state index in [1.54, 1.807) is 6.92 Å². The Kier molecular flexibility index (Phi) is 5.22. The summed E-state index contributed by atoms with van der Waals surface area (Å²) in [6, 6.07) is 7.57. The fraction of sp³-hybridized carbons (Fsp3) is 0.133. The lowest BCUT2D eigenvalue weighted by Crippen LogP contribution is -2.15. The average molecular weight is 365 g/mol. The Morgan fingerprint density at radius 2 is 1.84 bits per heavy atom. The van der Waals surface area contributed by atoms with Gasteiger partial charge in [0.15, 0.2) is 0 Å². The van der Waals surface area contributed by atoms with Crippen LogP contribution in [0.25, 0.3) is 0 Å². The van der Waals surface area contributed by atoms with Crippen LogP contribution in [0.15, 0.2) is 47.4 Å². The number of ether oxygens (including phenoxy) is 1. The Morgan fingerprint density at radius 1 is 1.20 bits per heavy atom. The molecule has 0 saturated heterocycles. The second-order valence-corrected chi connectivity index (χ2v) is 6.47. The van der Waals surface area contributed by atoms with Crippen molar-refractivity contribution in [2.75, 3.05) is 11.3 Å². The third kappa shape index (κ3) is 4.23. The molecule has 0 aliphatic rings. The van der Waals surface area contributed by atoms with Gasteiger partial charge in [-0.15, -0.1) is 0 Å². The van der Waals surface area contributed by atoms with Crippen LogP contribution < -0.4 is 9.83 Å². The quantitative estimate of drug-likeness (QED) is 0.466. The van der Waals surface area contributed by atoms with Crippen LogP contribution in [-0.2, 0) is 14.8 Å². The van der Waals surface area contributed by atoms with Crippen molar-refractivity contribution in [3.05, 3.63) is 58.1 Å². The van der Waals surface area contributed by atoms with Gasteiger partial charge in [0.05, 0.1) is 22.0 Å². The Labute approximate surface area is 143 Å². The van der Waals surface area contributed by atoms with Crippen molar-refractivity contribution in [1.82, 2.24) is 0 Å². The number of hydrogen-bond donors (Lipinski definition) is 1. The molecule has 2 rings (SSSR count). The van der Waals surface area contributed by atoms with E-state index in [0.29, 0.717) is 0 Å². The van der Waals surface area contributed by atoms with Gasteiger partial charge in [-0.1, -0.05) is 11.8 Å². The third-order valence-electron chi connectivity index (χ3n) is 3.09. The Hall–Kier alpha value is -3.14. The first-order chi connectivity index (χ1) is 11.7. The number of rotatable bonds is 6. The zero-order chi connectivity index (χ0) is 18.6. The molecule has 25 heavy (non-hydrogen) atoms. The minimum atomic E-state index is -4.16. The van der Waals surface area contributed by atoms with Crippen LogP contribution in [0, 0.1) is 10.1 Å². The van der Waals surface area contributed by atoms with Gasteiger partial charge in [-0.05, 0) is 31.2 Å². The SMILES string of the molecule is CCOC(=O)c1ccc(S(=O)(=O)Nc2cc([N+](=O)[O-])ccc2[O-])cc1. The average Bonchev–Trinajstić information content (AvgIpc) is 2.57. The van der Waals surface area contributed by atoms with E-state index in [0.717, 1.165) is 30.3 Å². The number of nitro groups is 1. The summed E-state index contributed by atoms with van der Waals surface area (Å²) in [7, 11) is -4.16. The summed E-state index contributed by atoms with van der Waals surface area (Å²) in [5, 5.41) is 22.4. The molecule has 0 radical (unpaired) electrons. The van der Waals surface area contributed by atoms with Gasteiger partial charge in [-0.3, -0.25) is 14.8 Å². The van der Waals surface area contributed by atoms with Crippen LogP contribution in [0.2, 0.25) is 0 Å². The number of sulfonamides is 1. The molecule has 0 heterocycles. The first kappa shape index (κ1) is 18.2. The maximum atomic E-state index is 12.3. The second-order valence-electron chi connectivity index (χ2n) is 4.79. The van der Waals surface area contributed by atoms with Gasteiger partial charge >= 0.3 is 5.97 Å². The van der Waals surface area contributed by atoms with Gasteiger partial charge in [-0.2, -0.15) is 0 Å². The van der Waals surface area contributed by atoms with Crippen LogP contribution in [0.4, 0.5) is 11.4 Å². The number of carbonyl (C=O) groups is 1. The third-order valence-corrected chi connectivity index (χ3v) is 4.48. The highest BCUT2D eigenvalue weighted by atomic mass is 32.2. The van der Waals surface area contributed by atoms with E-state index in [9.17, 15) is 28.4 Å². The first-order valence-electron chi connectivity index (χ1n) is 7.00. The summed E-state index contributed by atoms with van der Waals surface area (Å²) >= 11 is 0. The van der Waals surface area contributed by atoms with E-state index in [4.69, 9.17) is 4.74 Å². The van der Waals surface area contributed by atoms with Crippen molar-refractivity contribution >= 4 is 27.4 Å². The van der Waals surface area contributed by atoms with Gasteiger partial charge < -0.3 is 9.84 Å². The fourth-order valence-corrected chi connectivity index (χ4v) is 2.96. The second kappa shape index (κ2) is 7.18. The van der Waals surface area contributed by atoms with Crippen molar-refractivity contribution in [3.8, 4) is 5.75 Å². The molecule has 1 N–H and O–H groups in total. The van der Waals surface area contributed by atoms with Crippen molar-refractivity contribution in [3.63, 3.8) is 0 Å². The number of anilines is 1. The summed E-state index contributed by atoms with van der Waals surface area (Å²) in [6.07, 6.45) is 0. The van der Waals surface area contributed by atoms with E-state index in [1.807, 2.05) is 4.72 Å². The highest BCUT2D eigenvalue weighted by Crippen LogP contribution is 2.28. The van der Waals surface area contributed by atoms with Gasteiger partial charge in [0.1, 0.15) is 0 Å². The minimum absolute atomic E-state index is 0.167. The topological polar surface area (TPSA) is 139 Å². The summed E-state index contributed by atoms with van der Waals surface area (Å²) in [5.74, 6) is -1.31. The van der Waals surface area contributed by atoms with E-state index in [1.165, 1.54) is 12.1 Å². The predicted molar refractivity (Wildman–Crippen MR) is 85.7 cm³/mol. The monoisotopic (exact) mass is 365 g/mol. The number of nitrogens with one attached hydrogen (secondary N) is 1. The summed E-state index contributed by atoms with van der Waals surface area (Å²) < 4.78 is 31.4. The molecular weight excluding hydrogens is 352 g/mol. The molecule has 132 valence electrons.